The van der Waals surface area contributed by atoms with E-state index in [0.717, 1.165) is 11.1 Å². The lowest BCUT2D eigenvalue weighted by atomic mass is 9.82. The molecule has 178 valence electrons. The molecule has 0 aliphatic carbocycles. The number of aromatic nitrogens is 1. The number of carboxylic acids is 2. The van der Waals surface area contributed by atoms with Crippen LogP contribution in [0.15, 0.2) is 29.8 Å². The first-order chi connectivity index (χ1) is 15.3. The minimum absolute atomic E-state index is 0.0640. The van der Waals surface area contributed by atoms with Gasteiger partial charge < -0.3 is 15.1 Å². The van der Waals surface area contributed by atoms with Crippen LogP contribution < -0.4 is 0 Å². The Balaban J connectivity index is 2.21. The van der Waals surface area contributed by atoms with Gasteiger partial charge in [0.15, 0.2) is 0 Å². The fraction of sp³-hybridized carbons (Fsp3) is 0.520. The lowest BCUT2D eigenvalue weighted by Crippen LogP contribution is -2.54. The number of likely N-dealkylation sites (tertiary alicyclic amines) is 1. The second-order valence-corrected chi connectivity index (χ2v) is 11.3. The average molecular weight is 473 g/mol. The molecule has 1 fully saturated rings. The molecule has 1 aliphatic rings. The van der Waals surface area contributed by atoms with Crippen molar-refractivity contribution in [2.45, 2.75) is 71.4 Å². The number of carbonyl (C=O) groups excluding carboxylic acids is 1. The van der Waals surface area contributed by atoms with Crippen molar-refractivity contribution >= 4 is 29.2 Å². The van der Waals surface area contributed by atoms with Gasteiger partial charge in [-0.05, 0) is 54.4 Å². The molecule has 0 radical (unpaired) electrons. The Hall–Kier alpha value is -2.74. The normalized spacial score (nSPS) is 23.2. The maximum absolute atomic E-state index is 14.0. The maximum atomic E-state index is 14.0. The number of hydrogen-bond donors (Lipinski definition) is 2. The largest absolute Gasteiger partial charge is 0.481 e. The van der Waals surface area contributed by atoms with Crippen LogP contribution in [0.5, 0.6) is 0 Å². The van der Waals surface area contributed by atoms with Crippen LogP contribution in [0.3, 0.4) is 0 Å². The molecule has 1 aromatic heterocycles. The van der Waals surface area contributed by atoms with Gasteiger partial charge in [0.05, 0.1) is 12.0 Å². The SMILES string of the molecule is Cc1cc(C(=O)N2[C@@H](c3nccs3)[C@@H](C(=O)O)C[C@@]2(CC(C)C)C(=O)O)ccc1C(C)(C)C. The van der Waals surface area contributed by atoms with E-state index in [9.17, 15) is 24.6 Å². The van der Waals surface area contributed by atoms with E-state index in [1.54, 1.807) is 23.7 Å². The van der Waals surface area contributed by atoms with Crippen molar-refractivity contribution in [3.05, 3.63) is 51.5 Å². The molecule has 33 heavy (non-hydrogen) atoms. The van der Waals surface area contributed by atoms with Gasteiger partial charge in [0, 0.05) is 17.1 Å². The van der Waals surface area contributed by atoms with Crippen LogP contribution >= 0.6 is 11.3 Å². The highest BCUT2D eigenvalue weighted by atomic mass is 32.1. The van der Waals surface area contributed by atoms with E-state index in [1.165, 1.54) is 16.2 Å². The summed E-state index contributed by atoms with van der Waals surface area (Å²) in [5.41, 5.74) is 0.619. The van der Waals surface area contributed by atoms with Gasteiger partial charge in [0.1, 0.15) is 10.5 Å². The summed E-state index contributed by atoms with van der Waals surface area (Å²) in [5, 5.41) is 22.6. The third-order valence-electron chi connectivity index (χ3n) is 6.34. The third kappa shape index (κ3) is 4.53. The summed E-state index contributed by atoms with van der Waals surface area (Å²) in [4.78, 5) is 44.6. The highest BCUT2D eigenvalue weighted by Crippen LogP contribution is 2.51. The fourth-order valence-electron chi connectivity index (χ4n) is 5.14. The smallest absolute Gasteiger partial charge is 0.329 e. The molecule has 8 heteroatoms. The van der Waals surface area contributed by atoms with Gasteiger partial charge in [0.2, 0.25) is 0 Å². The van der Waals surface area contributed by atoms with Crippen LogP contribution in [0, 0.1) is 18.8 Å². The number of aryl methyl sites for hydroxylation is 1. The van der Waals surface area contributed by atoms with Gasteiger partial charge in [-0.15, -0.1) is 11.3 Å². The highest BCUT2D eigenvalue weighted by Gasteiger charge is 2.61. The van der Waals surface area contributed by atoms with Gasteiger partial charge in [-0.3, -0.25) is 9.59 Å². The number of thiazole rings is 1. The minimum Gasteiger partial charge on any atom is -0.481 e. The van der Waals surface area contributed by atoms with Crippen molar-refractivity contribution in [2.24, 2.45) is 11.8 Å². The zero-order chi connectivity index (χ0) is 24.7. The van der Waals surface area contributed by atoms with Crippen molar-refractivity contribution in [3.8, 4) is 0 Å². The Kier molecular flexibility index (Phi) is 6.71. The molecule has 0 spiro atoms. The van der Waals surface area contributed by atoms with Crippen LogP contribution in [0.1, 0.15) is 80.0 Å². The average Bonchev–Trinajstić information content (AvgIpc) is 3.32. The van der Waals surface area contributed by atoms with E-state index >= 15 is 0 Å². The number of amides is 1. The Morgan fingerprint density at radius 1 is 1.24 bits per heavy atom. The fourth-order valence-corrected chi connectivity index (χ4v) is 5.93. The number of aliphatic carboxylic acids is 2. The number of rotatable bonds is 6. The van der Waals surface area contributed by atoms with Gasteiger partial charge in [-0.2, -0.15) is 0 Å². The highest BCUT2D eigenvalue weighted by molar-refractivity contribution is 7.09. The van der Waals surface area contributed by atoms with Gasteiger partial charge in [-0.25, -0.2) is 9.78 Å². The summed E-state index contributed by atoms with van der Waals surface area (Å²) in [6.07, 6.45) is 1.54. The van der Waals surface area contributed by atoms with Crippen LogP contribution in [0.2, 0.25) is 0 Å². The molecule has 0 bridgehead atoms. The van der Waals surface area contributed by atoms with Crippen LogP contribution in [0.4, 0.5) is 0 Å². The Bertz CT molecular complexity index is 1060. The summed E-state index contributed by atoms with van der Waals surface area (Å²) < 4.78 is 0. The zero-order valence-electron chi connectivity index (χ0n) is 20.0. The molecule has 3 atom stereocenters. The Labute approximate surface area is 198 Å². The molecule has 1 aromatic carbocycles. The first-order valence-electron chi connectivity index (χ1n) is 11.1. The van der Waals surface area contributed by atoms with Gasteiger partial charge in [-0.1, -0.05) is 40.7 Å². The second kappa shape index (κ2) is 8.89. The monoisotopic (exact) mass is 472 g/mol. The molecule has 0 saturated carbocycles. The molecule has 3 rings (SSSR count). The van der Waals surface area contributed by atoms with E-state index < -0.39 is 35.3 Å². The molecule has 2 aromatic rings. The quantitative estimate of drug-likeness (QED) is 0.619. The molecule has 1 aliphatic heterocycles. The van der Waals surface area contributed by atoms with E-state index in [1.807, 2.05) is 26.8 Å². The summed E-state index contributed by atoms with van der Waals surface area (Å²) in [6, 6.07) is 4.44. The molecule has 1 saturated heterocycles. The number of carboxylic acid groups (broad SMARTS) is 2. The number of carbonyl (C=O) groups is 3. The predicted octanol–water partition coefficient (Wildman–Crippen LogP) is 4.91. The standard InChI is InChI=1S/C25H32N2O5S/c1-14(2)12-25(23(31)32)13-17(22(29)30)19(20-26-9-10-33-20)27(25)21(28)16-7-8-18(15(3)11-16)24(4,5)6/h7-11,14,17,19H,12-13H2,1-6H3,(H,29,30)(H,31,32)/t17-,19+,25-/m0/s1. The number of nitrogens with zero attached hydrogens (tertiary/aromatic N) is 2. The van der Waals surface area contributed by atoms with E-state index in [0.29, 0.717) is 10.6 Å². The topological polar surface area (TPSA) is 108 Å². The summed E-state index contributed by atoms with van der Waals surface area (Å²) >= 11 is 1.24. The first kappa shape index (κ1) is 24.9. The van der Waals surface area contributed by atoms with E-state index in [-0.39, 0.29) is 24.2 Å². The first-order valence-corrected chi connectivity index (χ1v) is 12.0. The number of benzene rings is 1. The summed E-state index contributed by atoms with van der Waals surface area (Å²) in [7, 11) is 0. The van der Waals surface area contributed by atoms with Crippen LogP contribution in [-0.4, -0.2) is 43.5 Å². The van der Waals surface area contributed by atoms with E-state index in [2.05, 4.69) is 25.8 Å². The van der Waals surface area contributed by atoms with Crippen molar-refractivity contribution in [2.75, 3.05) is 0 Å². The Morgan fingerprint density at radius 3 is 2.36 bits per heavy atom. The molecule has 2 N–H and O–H groups in total. The number of hydrogen-bond acceptors (Lipinski definition) is 5. The molecular formula is C25H32N2O5S. The summed E-state index contributed by atoms with van der Waals surface area (Å²) in [5.74, 6) is -3.92. The van der Waals surface area contributed by atoms with Gasteiger partial charge in [0.25, 0.3) is 5.91 Å². The van der Waals surface area contributed by atoms with Crippen LogP contribution in [0.25, 0.3) is 0 Å². The van der Waals surface area contributed by atoms with Crippen molar-refractivity contribution < 1.29 is 24.6 Å². The molecule has 7 nitrogen and oxygen atoms in total. The molecule has 1 amide bonds. The lowest BCUT2D eigenvalue weighted by Gasteiger charge is -2.38. The second-order valence-electron chi connectivity index (χ2n) is 10.4. The van der Waals surface area contributed by atoms with Gasteiger partial charge >= 0.3 is 11.9 Å². The zero-order valence-corrected chi connectivity index (χ0v) is 20.8. The summed E-state index contributed by atoms with van der Waals surface area (Å²) in [6.45, 7) is 11.9. The Morgan fingerprint density at radius 2 is 1.91 bits per heavy atom. The maximum Gasteiger partial charge on any atom is 0.329 e. The predicted molar refractivity (Wildman–Crippen MR) is 126 cm³/mol. The molecular weight excluding hydrogens is 440 g/mol. The van der Waals surface area contributed by atoms with E-state index in [4.69, 9.17) is 0 Å². The van der Waals surface area contributed by atoms with Crippen molar-refractivity contribution in [1.29, 1.82) is 0 Å². The molecule has 2 heterocycles. The third-order valence-corrected chi connectivity index (χ3v) is 7.19. The van der Waals surface area contributed by atoms with Crippen molar-refractivity contribution in [3.63, 3.8) is 0 Å². The minimum atomic E-state index is -1.64. The van der Waals surface area contributed by atoms with Crippen molar-refractivity contribution in [1.82, 2.24) is 9.88 Å². The van der Waals surface area contributed by atoms with Crippen LogP contribution in [-0.2, 0) is 15.0 Å². The lowest BCUT2D eigenvalue weighted by molar-refractivity contribution is -0.150. The molecule has 0 unspecified atom stereocenters.